The van der Waals surface area contributed by atoms with Crippen molar-refractivity contribution in [2.45, 2.75) is 13.0 Å². The molecule has 0 bridgehead atoms. The van der Waals surface area contributed by atoms with Gasteiger partial charge in [-0.2, -0.15) is 0 Å². The Morgan fingerprint density at radius 3 is 2.42 bits per heavy atom. The highest BCUT2D eigenvalue weighted by Crippen LogP contribution is 2.17. The van der Waals surface area contributed by atoms with Crippen molar-refractivity contribution in [2.24, 2.45) is 11.7 Å². The highest BCUT2D eigenvalue weighted by Gasteiger charge is 2.12. The van der Waals surface area contributed by atoms with E-state index >= 15 is 0 Å². The van der Waals surface area contributed by atoms with Crippen LogP contribution in [0.1, 0.15) is 18.5 Å². The third kappa shape index (κ3) is 2.06. The van der Waals surface area contributed by atoms with Crippen LogP contribution < -0.4 is 5.73 Å². The lowest BCUT2D eigenvalue weighted by molar-refractivity contribution is 0.217. The van der Waals surface area contributed by atoms with Crippen LogP contribution in [0.25, 0.3) is 0 Å². The minimum absolute atomic E-state index is 0.0591. The molecular weight excluding hydrogens is 150 g/mol. The Labute approximate surface area is 73.0 Å². The summed E-state index contributed by atoms with van der Waals surface area (Å²) in [5.74, 6) is 0.118. The number of rotatable bonds is 3. The Hall–Kier alpha value is -0.860. The molecule has 1 rings (SSSR count). The largest absolute Gasteiger partial charge is 0.396 e. The highest BCUT2D eigenvalue weighted by molar-refractivity contribution is 5.18. The van der Waals surface area contributed by atoms with Crippen molar-refractivity contribution in [3.63, 3.8) is 0 Å². The molecule has 2 nitrogen and oxygen atoms in total. The fourth-order valence-corrected chi connectivity index (χ4v) is 1.12. The Bertz CT molecular complexity index is 223. The van der Waals surface area contributed by atoms with Crippen molar-refractivity contribution in [1.29, 1.82) is 0 Å². The molecule has 0 amide bonds. The van der Waals surface area contributed by atoms with Crippen molar-refractivity contribution in [1.82, 2.24) is 0 Å². The summed E-state index contributed by atoms with van der Waals surface area (Å²) in [5.41, 5.74) is 6.97. The second kappa shape index (κ2) is 4.24. The minimum Gasteiger partial charge on any atom is -0.396 e. The van der Waals surface area contributed by atoms with Crippen LogP contribution in [0.3, 0.4) is 0 Å². The van der Waals surface area contributed by atoms with Crippen LogP contribution in [0, 0.1) is 5.92 Å². The zero-order valence-electron chi connectivity index (χ0n) is 7.27. The lowest BCUT2D eigenvalue weighted by Gasteiger charge is -2.17. The van der Waals surface area contributed by atoms with Crippen LogP contribution in [-0.4, -0.2) is 11.7 Å². The van der Waals surface area contributed by atoms with E-state index in [0.29, 0.717) is 0 Å². The highest BCUT2D eigenvalue weighted by atomic mass is 16.3. The molecule has 0 heterocycles. The molecule has 1 unspecified atom stereocenters. The molecule has 0 fully saturated rings. The number of hydrogen-bond acceptors (Lipinski definition) is 2. The zero-order valence-corrected chi connectivity index (χ0v) is 7.27. The summed E-state index contributed by atoms with van der Waals surface area (Å²) in [6.07, 6.45) is 0. The first kappa shape index (κ1) is 9.23. The van der Waals surface area contributed by atoms with Gasteiger partial charge in [0, 0.05) is 12.6 Å². The van der Waals surface area contributed by atoms with Crippen LogP contribution >= 0.6 is 0 Å². The monoisotopic (exact) mass is 165 g/mol. The van der Waals surface area contributed by atoms with E-state index in [4.69, 9.17) is 10.8 Å². The molecule has 0 aliphatic rings. The first-order valence-electron chi connectivity index (χ1n) is 4.17. The van der Waals surface area contributed by atoms with E-state index in [1.165, 1.54) is 0 Å². The van der Waals surface area contributed by atoms with Gasteiger partial charge in [0.15, 0.2) is 0 Å². The third-order valence-electron chi connectivity index (χ3n) is 2.09. The SMILES string of the molecule is C[C@@H](CO)C(N)c1ccccc1. The van der Waals surface area contributed by atoms with E-state index in [9.17, 15) is 0 Å². The van der Waals surface area contributed by atoms with Crippen LogP contribution in [0.2, 0.25) is 0 Å². The predicted molar refractivity (Wildman–Crippen MR) is 49.6 cm³/mol. The van der Waals surface area contributed by atoms with Crippen molar-refractivity contribution < 1.29 is 5.11 Å². The molecule has 2 heteroatoms. The average molecular weight is 165 g/mol. The van der Waals surface area contributed by atoms with E-state index in [1.807, 2.05) is 37.3 Å². The second-order valence-electron chi connectivity index (χ2n) is 3.10. The molecule has 2 atom stereocenters. The fourth-order valence-electron chi connectivity index (χ4n) is 1.12. The molecule has 0 saturated heterocycles. The van der Waals surface area contributed by atoms with Gasteiger partial charge in [-0.3, -0.25) is 0 Å². The molecule has 0 saturated carbocycles. The van der Waals surface area contributed by atoms with Gasteiger partial charge in [0.1, 0.15) is 0 Å². The van der Waals surface area contributed by atoms with Crippen molar-refractivity contribution in [3.8, 4) is 0 Å². The molecule has 0 aliphatic carbocycles. The van der Waals surface area contributed by atoms with Gasteiger partial charge in [0.25, 0.3) is 0 Å². The van der Waals surface area contributed by atoms with Gasteiger partial charge in [-0.15, -0.1) is 0 Å². The maximum absolute atomic E-state index is 8.89. The molecule has 1 aromatic rings. The first-order valence-corrected chi connectivity index (χ1v) is 4.17. The van der Waals surface area contributed by atoms with Crippen LogP contribution in [0.5, 0.6) is 0 Å². The summed E-state index contributed by atoms with van der Waals surface area (Å²) in [6, 6.07) is 9.78. The van der Waals surface area contributed by atoms with Crippen LogP contribution in [0.15, 0.2) is 30.3 Å². The van der Waals surface area contributed by atoms with Crippen LogP contribution in [0.4, 0.5) is 0 Å². The van der Waals surface area contributed by atoms with Gasteiger partial charge in [-0.25, -0.2) is 0 Å². The summed E-state index contributed by atoms with van der Waals surface area (Å²) in [7, 11) is 0. The van der Waals surface area contributed by atoms with Gasteiger partial charge in [-0.05, 0) is 11.5 Å². The Morgan fingerprint density at radius 1 is 1.33 bits per heavy atom. The number of nitrogens with two attached hydrogens (primary N) is 1. The molecule has 0 spiro atoms. The Kier molecular flexibility index (Phi) is 3.26. The first-order chi connectivity index (χ1) is 5.75. The number of hydrogen-bond donors (Lipinski definition) is 2. The summed E-state index contributed by atoms with van der Waals surface area (Å²) in [5, 5.41) is 8.89. The quantitative estimate of drug-likeness (QED) is 0.709. The van der Waals surface area contributed by atoms with Crippen molar-refractivity contribution in [2.75, 3.05) is 6.61 Å². The van der Waals surface area contributed by atoms with Crippen molar-refractivity contribution >= 4 is 0 Å². The van der Waals surface area contributed by atoms with Gasteiger partial charge >= 0.3 is 0 Å². The summed E-state index contributed by atoms with van der Waals surface area (Å²) >= 11 is 0. The topological polar surface area (TPSA) is 46.2 Å². The lowest BCUT2D eigenvalue weighted by Crippen LogP contribution is -2.21. The fraction of sp³-hybridized carbons (Fsp3) is 0.400. The van der Waals surface area contributed by atoms with Gasteiger partial charge in [-0.1, -0.05) is 37.3 Å². The Balaban J connectivity index is 2.71. The molecule has 0 aliphatic heterocycles. The predicted octanol–water partition coefficient (Wildman–Crippen LogP) is 1.31. The maximum atomic E-state index is 8.89. The standard InChI is InChI=1S/C10H15NO/c1-8(7-12)10(11)9-5-3-2-4-6-9/h2-6,8,10,12H,7,11H2,1H3/t8-,10?/m0/s1. The number of aliphatic hydroxyl groups is 1. The van der Waals surface area contributed by atoms with E-state index < -0.39 is 0 Å². The Morgan fingerprint density at radius 2 is 1.92 bits per heavy atom. The van der Waals surface area contributed by atoms with E-state index in [2.05, 4.69) is 0 Å². The minimum atomic E-state index is -0.0591. The molecule has 3 N–H and O–H groups in total. The number of benzene rings is 1. The van der Waals surface area contributed by atoms with Crippen molar-refractivity contribution in [3.05, 3.63) is 35.9 Å². The van der Waals surface area contributed by atoms with Gasteiger partial charge in [0.2, 0.25) is 0 Å². The summed E-state index contributed by atoms with van der Waals surface area (Å²) in [4.78, 5) is 0. The molecular formula is C10H15NO. The lowest BCUT2D eigenvalue weighted by atomic mass is 9.96. The summed E-state index contributed by atoms with van der Waals surface area (Å²) < 4.78 is 0. The molecule has 0 radical (unpaired) electrons. The normalized spacial score (nSPS) is 15.6. The molecule has 66 valence electrons. The van der Waals surface area contributed by atoms with Gasteiger partial charge in [0.05, 0.1) is 0 Å². The maximum Gasteiger partial charge on any atom is 0.0474 e. The molecule has 12 heavy (non-hydrogen) atoms. The third-order valence-corrected chi connectivity index (χ3v) is 2.09. The smallest absolute Gasteiger partial charge is 0.0474 e. The molecule has 1 aromatic carbocycles. The summed E-state index contributed by atoms with van der Waals surface area (Å²) in [6.45, 7) is 2.08. The average Bonchev–Trinajstić information content (AvgIpc) is 2.17. The second-order valence-corrected chi connectivity index (χ2v) is 3.10. The van der Waals surface area contributed by atoms with E-state index in [1.54, 1.807) is 0 Å². The number of aliphatic hydroxyl groups excluding tert-OH is 1. The van der Waals surface area contributed by atoms with Crippen LogP contribution in [-0.2, 0) is 0 Å². The van der Waals surface area contributed by atoms with Gasteiger partial charge < -0.3 is 10.8 Å². The van der Waals surface area contributed by atoms with E-state index in [0.717, 1.165) is 5.56 Å². The zero-order chi connectivity index (χ0) is 8.97. The van der Waals surface area contributed by atoms with E-state index in [-0.39, 0.29) is 18.6 Å². The molecule has 0 aromatic heterocycles.